The largest absolute Gasteiger partial charge is 0.466 e. The van der Waals surface area contributed by atoms with Gasteiger partial charge in [0.25, 0.3) is 11.1 Å². The number of hydrogen-bond donors (Lipinski definition) is 2. The zero-order valence-electron chi connectivity index (χ0n) is 19.6. The third-order valence-electron chi connectivity index (χ3n) is 7.21. The molecule has 9 nitrogen and oxygen atoms in total. The van der Waals surface area contributed by atoms with E-state index in [-0.39, 0.29) is 35.8 Å². The monoisotopic (exact) mass is 465 g/mol. The Morgan fingerprint density at radius 3 is 2.26 bits per heavy atom. The lowest BCUT2D eigenvalue weighted by Gasteiger charge is -2.21. The van der Waals surface area contributed by atoms with Gasteiger partial charge in [-0.25, -0.2) is 10.4 Å². The summed E-state index contributed by atoms with van der Waals surface area (Å²) in [6.45, 7) is 3.89. The van der Waals surface area contributed by atoms with Crippen molar-refractivity contribution in [3.8, 4) is 0 Å². The Kier molecular flexibility index (Phi) is 6.22. The number of hydrogen-bond acceptors (Lipinski definition) is 7. The van der Waals surface area contributed by atoms with Crippen LogP contribution in [0.4, 0.5) is 0 Å². The third-order valence-corrected chi connectivity index (χ3v) is 7.21. The van der Waals surface area contributed by atoms with Crippen LogP contribution in [-0.2, 0) is 9.53 Å². The highest BCUT2D eigenvalue weighted by Crippen LogP contribution is 2.27. The lowest BCUT2D eigenvalue weighted by Crippen LogP contribution is -2.38. The standard InChI is InChI=1S/C25H31N5O4/c1-3-34-25(33)21-15(2)27-28-22(21)30-13-11-20-18(24(30)32)14-17-19(26-20)10-12-29(23(17)31)16-8-6-4-5-7-9-16/h10-16,21-22,27-28H,3-9H2,1-2H3. The molecule has 3 atom stereocenters. The number of carbonyl (C=O) groups is 1. The van der Waals surface area contributed by atoms with Crippen LogP contribution in [0.3, 0.4) is 0 Å². The molecule has 180 valence electrons. The molecule has 4 heterocycles. The quantitative estimate of drug-likeness (QED) is 0.347. The first-order chi connectivity index (χ1) is 16.5. The Hall–Kier alpha value is -3.04. The highest BCUT2D eigenvalue weighted by molar-refractivity contribution is 5.91. The second kappa shape index (κ2) is 9.31. The van der Waals surface area contributed by atoms with Crippen LogP contribution in [0.5, 0.6) is 0 Å². The van der Waals surface area contributed by atoms with Crippen LogP contribution < -0.4 is 22.0 Å². The molecule has 0 bridgehead atoms. The molecule has 0 amide bonds. The smallest absolute Gasteiger partial charge is 0.314 e. The van der Waals surface area contributed by atoms with Crippen LogP contribution in [0.2, 0.25) is 0 Å². The van der Waals surface area contributed by atoms with E-state index < -0.39 is 12.1 Å². The lowest BCUT2D eigenvalue weighted by molar-refractivity contribution is -0.149. The average Bonchev–Trinajstić information content (AvgIpc) is 3.02. The summed E-state index contributed by atoms with van der Waals surface area (Å²) < 4.78 is 8.55. The van der Waals surface area contributed by atoms with Crippen molar-refractivity contribution >= 4 is 27.8 Å². The minimum atomic E-state index is -0.611. The van der Waals surface area contributed by atoms with Gasteiger partial charge in [0.2, 0.25) is 0 Å². The maximum absolute atomic E-state index is 13.5. The van der Waals surface area contributed by atoms with Gasteiger partial charge in [-0.3, -0.25) is 24.4 Å². The number of aromatic nitrogens is 3. The maximum atomic E-state index is 13.5. The lowest BCUT2D eigenvalue weighted by atomic mass is 10.00. The molecule has 2 fully saturated rings. The van der Waals surface area contributed by atoms with E-state index >= 15 is 0 Å². The Balaban J connectivity index is 1.60. The molecule has 1 aliphatic carbocycles. The summed E-state index contributed by atoms with van der Waals surface area (Å²) in [5.41, 5.74) is 6.78. The molecule has 34 heavy (non-hydrogen) atoms. The van der Waals surface area contributed by atoms with Crippen LogP contribution in [0.15, 0.2) is 40.2 Å². The molecule has 9 heteroatoms. The SMILES string of the molecule is CCOC(=O)C1C(C)NNC1n1ccc2nc3ccn(C4CCCCCC4)c(=O)c3cc2c1=O. The van der Waals surface area contributed by atoms with Gasteiger partial charge in [0.15, 0.2) is 0 Å². The molecular formula is C25H31N5O4. The van der Waals surface area contributed by atoms with E-state index in [9.17, 15) is 14.4 Å². The van der Waals surface area contributed by atoms with Crippen LogP contribution in [0, 0.1) is 5.92 Å². The molecule has 0 radical (unpaired) electrons. The number of nitrogens with one attached hydrogen (secondary N) is 2. The van der Waals surface area contributed by atoms with Crippen molar-refractivity contribution in [3.63, 3.8) is 0 Å². The first kappa shape index (κ1) is 22.7. The van der Waals surface area contributed by atoms with Gasteiger partial charge in [-0.05, 0) is 44.9 Å². The minimum absolute atomic E-state index is 0.104. The summed E-state index contributed by atoms with van der Waals surface area (Å²) in [6, 6.07) is 5.25. The van der Waals surface area contributed by atoms with Gasteiger partial charge in [-0.2, -0.15) is 0 Å². The van der Waals surface area contributed by atoms with Gasteiger partial charge in [0, 0.05) is 24.5 Å². The fourth-order valence-electron chi connectivity index (χ4n) is 5.38. The Labute approximate surface area is 197 Å². The molecule has 2 N–H and O–H groups in total. The number of pyridine rings is 3. The topological polar surface area (TPSA) is 107 Å². The van der Waals surface area contributed by atoms with Crippen molar-refractivity contribution in [2.45, 2.75) is 70.6 Å². The van der Waals surface area contributed by atoms with Crippen LogP contribution >= 0.6 is 0 Å². The van der Waals surface area contributed by atoms with Crippen molar-refractivity contribution in [3.05, 3.63) is 51.3 Å². The van der Waals surface area contributed by atoms with Gasteiger partial charge in [-0.1, -0.05) is 25.7 Å². The average molecular weight is 466 g/mol. The summed E-state index contributed by atoms with van der Waals surface area (Å²) in [6.07, 6.45) is 9.52. The summed E-state index contributed by atoms with van der Waals surface area (Å²) in [5.74, 6) is -0.941. The van der Waals surface area contributed by atoms with Gasteiger partial charge >= 0.3 is 5.97 Å². The van der Waals surface area contributed by atoms with E-state index in [1.165, 1.54) is 17.4 Å². The normalized spacial score (nSPS) is 23.9. The van der Waals surface area contributed by atoms with Crippen molar-refractivity contribution in [1.29, 1.82) is 0 Å². The number of rotatable bonds is 4. The second-order valence-corrected chi connectivity index (χ2v) is 9.36. The Morgan fingerprint density at radius 1 is 1.00 bits per heavy atom. The van der Waals surface area contributed by atoms with Gasteiger partial charge in [-0.15, -0.1) is 0 Å². The van der Waals surface area contributed by atoms with Crippen molar-refractivity contribution < 1.29 is 9.53 Å². The molecule has 1 saturated heterocycles. The summed E-state index contributed by atoms with van der Waals surface area (Å²) in [7, 11) is 0. The molecule has 3 aromatic rings. The number of esters is 1. The van der Waals surface area contributed by atoms with Crippen molar-refractivity contribution in [2.75, 3.05) is 6.61 Å². The third kappa shape index (κ3) is 3.92. The molecule has 3 unspecified atom stereocenters. The molecular weight excluding hydrogens is 434 g/mol. The van der Waals surface area contributed by atoms with Crippen LogP contribution in [-0.4, -0.2) is 32.7 Å². The predicted octanol–water partition coefficient (Wildman–Crippen LogP) is 2.78. The van der Waals surface area contributed by atoms with E-state index in [0.29, 0.717) is 21.8 Å². The molecule has 3 aromatic heterocycles. The molecule has 0 aromatic carbocycles. The van der Waals surface area contributed by atoms with Gasteiger partial charge < -0.3 is 9.30 Å². The summed E-state index contributed by atoms with van der Waals surface area (Å²) in [4.78, 5) is 44.1. The predicted molar refractivity (Wildman–Crippen MR) is 129 cm³/mol. The van der Waals surface area contributed by atoms with E-state index in [1.807, 2.05) is 23.8 Å². The Morgan fingerprint density at radius 2 is 1.62 bits per heavy atom. The van der Waals surface area contributed by atoms with Crippen molar-refractivity contribution in [2.24, 2.45) is 5.92 Å². The fourth-order valence-corrected chi connectivity index (χ4v) is 5.38. The highest BCUT2D eigenvalue weighted by atomic mass is 16.5. The van der Waals surface area contributed by atoms with E-state index in [2.05, 4.69) is 15.8 Å². The first-order valence-corrected chi connectivity index (χ1v) is 12.2. The molecule has 2 aliphatic rings. The number of nitrogens with zero attached hydrogens (tertiary/aromatic N) is 3. The zero-order chi connectivity index (χ0) is 23.8. The molecule has 5 rings (SSSR count). The van der Waals surface area contributed by atoms with E-state index in [1.54, 1.807) is 25.3 Å². The maximum Gasteiger partial charge on any atom is 0.314 e. The number of hydrazine groups is 1. The van der Waals surface area contributed by atoms with E-state index in [4.69, 9.17) is 4.74 Å². The molecule has 1 saturated carbocycles. The Bertz CT molecular complexity index is 1340. The summed E-state index contributed by atoms with van der Waals surface area (Å²) >= 11 is 0. The fraction of sp³-hybridized carbons (Fsp3) is 0.520. The first-order valence-electron chi connectivity index (χ1n) is 12.2. The number of fused-ring (bicyclic) bond motifs is 2. The van der Waals surface area contributed by atoms with Crippen LogP contribution in [0.25, 0.3) is 21.8 Å². The number of carbonyl (C=O) groups excluding carboxylic acids is 1. The minimum Gasteiger partial charge on any atom is -0.466 e. The molecule has 0 spiro atoms. The number of ether oxygens (including phenoxy) is 1. The van der Waals surface area contributed by atoms with Crippen molar-refractivity contribution in [1.82, 2.24) is 25.0 Å². The van der Waals surface area contributed by atoms with Gasteiger partial charge in [0.1, 0.15) is 12.1 Å². The van der Waals surface area contributed by atoms with Gasteiger partial charge in [0.05, 0.1) is 28.4 Å². The second-order valence-electron chi connectivity index (χ2n) is 9.36. The zero-order valence-corrected chi connectivity index (χ0v) is 19.6. The van der Waals surface area contributed by atoms with E-state index in [0.717, 1.165) is 25.7 Å². The summed E-state index contributed by atoms with van der Waals surface area (Å²) in [5, 5.41) is 0.802. The van der Waals surface area contributed by atoms with Crippen LogP contribution in [0.1, 0.15) is 64.6 Å². The highest BCUT2D eigenvalue weighted by Gasteiger charge is 2.41. The molecule has 1 aliphatic heterocycles.